The van der Waals surface area contributed by atoms with Gasteiger partial charge in [-0.2, -0.15) is 0 Å². The Balaban J connectivity index is 1.70. The van der Waals surface area contributed by atoms with Crippen molar-refractivity contribution in [1.29, 1.82) is 0 Å². The Kier molecular flexibility index (Phi) is 5.09. The molecule has 0 atom stereocenters. The van der Waals surface area contributed by atoms with E-state index in [2.05, 4.69) is 20.6 Å². The van der Waals surface area contributed by atoms with Crippen LogP contribution < -0.4 is 15.4 Å². The van der Waals surface area contributed by atoms with Crippen LogP contribution in [0, 0.1) is 13.8 Å². The molecule has 128 valence electrons. The molecular weight excluding hydrogens is 332 g/mol. The van der Waals surface area contributed by atoms with E-state index in [1.165, 1.54) is 0 Å². The van der Waals surface area contributed by atoms with Crippen LogP contribution in [0.15, 0.2) is 42.5 Å². The fourth-order valence-electron chi connectivity index (χ4n) is 2.40. The number of aromatic nitrogens is 2. The molecule has 0 amide bonds. The Morgan fingerprint density at radius 2 is 1.52 bits per heavy atom. The SMILES string of the molecule is CCOc1ccc(NC(=S)Nc2ccc3nc(C)c(C)nc3c2)cc1. The second kappa shape index (κ2) is 7.44. The van der Waals surface area contributed by atoms with Crippen molar-refractivity contribution in [2.24, 2.45) is 0 Å². The van der Waals surface area contributed by atoms with E-state index in [4.69, 9.17) is 17.0 Å². The van der Waals surface area contributed by atoms with Crippen LogP contribution in [-0.4, -0.2) is 21.7 Å². The third-order valence-electron chi connectivity index (χ3n) is 3.76. The van der Waals surface area contributed by atoms with Crippen molar-refractivity contribution in [3.63, 3.8) is 0 Å². The molecular formula is C19H20N4OS. The molecule has 0 spiro atoms. The molecule has 2 aromatic carbocycles. The zero-order valence-corrected chi connectivity index (χ0v) is 15.3. The van der Waals surface area contributed by atoms with E-state index < -0.39 is 0 Å². The summed E-state index contributed by atoms with van der Waals surface area (Å²) in [5.41, 5.74) is 5.36. The molecule has 0 unspecified atom stereocenters. The molecule has 6 heteroatoms. The highest BCUT2D eigenvalue weighted by Crippen LogP contribution is 2.19. The van der Waals surface area contributed by atoms with Crippen LogP contribution in [0.25, 0.3) is 11.0 Å². The monoisotopic (exact) mass is 352 g/mol. The molecule has 5 nitrogen and oxygen atoms in total. The highest BCUT2D eigenvalue weighted by molar-refractivity contribution is 7.80. The molecule has 1 heterocycles. The summed E-state index contributed by atoms with van der Waals surface area (Å²) in [4.78, 5) is 9.11. The number of ether oxygens (including phenoxy) is 1. The third-order valence-corrected chi connectivity index (χ3v) is 3.96. The van der Waals surface area contributed by atoms with Gasteiger partial charge in [0.05, 0.1) is 29.0 Å². The second-order valence-corrected chi connectivity index (χ2v) is 6.04. The fraction of sp³-hybridized carbons (Fsp3) is 0.211. The number of benzene rings is 2. The number of nitrogens with one attached hydrogen (secondary N) is 2. The summed E-state index contributed by atoms with van der Waals surface area (Å²) >= 11 is 5.38. The lowest BCUT2D eigenvalue weighted by Gasteiger charge is -2.12. The maximum Gasteiger partial charge on any atom is 0.175 e. The number of thiocarbonyl (C=S) groups is 1. The molecule has 0 bridgehead atoms. The van der Waals surface area contributed by atoms with Gasteiger partial charge in [-0.15, -0.1) is 0 Å². The van der Waals surface area contributed by atoms with Gasteiger partial charge in [-0.3, -0.25) is 0 Å². The summed E-state index contributed by atoms with van der Waals surface area (Å²) in [5.74, 6) is 0.839. The number of hydrogen-bond donors (Lipinski definition) is 2. The van der Waals surface area contributed by atoms with E-state index in [1.54, 1.807) is 0 Å². The third kappa shape index (κ3) is 4.22. The van der Waals surface area contributed by atoms with Gasteiger partial charge >= 0.3 is 0 Å². The van der Waals surface area contributed by atoms with Crippen molar-refractivity contribution in [2.45, 2.75) is 20.8 Å². The first-order chi connectivity index (χ1) is 12.0. The molecule has 0 radical (unpaired) electrons. The van der Waals surface area contributed by atoms with E-state index in [-0.39, 0.29) is 0 Å². The standard InChI is InChI=1S/C19H20N4OS/c1-4-24-16-8-5-14(6-9-16)22-19(25)23-15-7-10-17-18(11-15)21-13(3)12(2)20-17/h5-11H,4H2,1-3H3,(H2,22,23,25). The molecule has 0 fully saturated rings. The first-order valence-electron chi connectivity index (χ1n) is 8.11. The van der Waals surface area contributed by atoms with Crippen molar-refractivity contribution < 1.29 is 4.74 Å². The van der Waals surface area contributed by atoms with Crippen molar-refractivity contribution in [1.82, 2.24) is 9.97 Å². The summed E-state index contributed by atoms with van der Waals surface area (Å²) in [7, 11) is 0. The Bertz CT molecular complexity index is 909. The average Bonchev–Trinajstić information content (AvgIpc) is 2.58. The largest absolute Gasteiger partial charge is 0.494 e. The highest BCUT2D eigenvalue weighted by Gasteiger charge is 2.04. The van der Waals surface area contributed by atoms with Crippen molar-refractivity contribution >= 4 is 39.7 Å². The van der Waals surface area contributed by atoms with Crippen LogP contribution in [0.1, 0.15) is 18.3 Å². The van der Waals surface area contributed by atoms with Crippen molar-refractivity contribution in [3.8, 4) is 5.75 Å². The lowest BCUT2D eigenvalue weighted by Crippen LogP contribution is -2.19. The van der Waals surface area contributed by atoms with E-state index in [1.807, 2.05) is 63.2 Å². The molecule has 0 saturated carbocycles. The molecule has 3 aromatic rings. The number of nitrogens with zero attached hydrogens (tertiary/aromatic N) is 2. The smallest absolute Gasteiger partial charge is 0.175 e. The number of rotatable bonds is 4. The van der Waals surface area contributed by atoms with Crippen molar-refractivity contribution in [3.05, 3.63) is 53.9 Å². The van der Waals surface area contributed by atoms with Gasteiger partial charge in [0.25, 0.3) is 0 Å². The minimum Gasteiger partial charge on any atom is -0.494 e. The van der Waals surface area contributed by atoms with Gasteiger partial charge in [-0.1, -0.05) is 0 Å². The quantitative estimate of drug-likeness (QED) is 0.676. The molecule has 3 rings (SSSR count). The minimum atomic E-state index is 0.514. The predicted octanol–water partition coefficient (Wildman–Crippen LogP) is 4.45. The molecule has 0 saturated heterocycles. The van der Waals surface area contributed by atoms with Crippen LogP contribution >= 0.6 is 12.2 Å². The summed E-state index contributed by atoms with van der Waals surface area (Å²) in [6.07, 6.45) is 0. The van der Waals surface area contributed by atoms with Crippen LogP contribution in [0.4, 0.5) is 11.4 Å². The molecule has 1 aromatic heterocycles. The zero-order chi connectivity index (χ0) is 17.8. The summed E-state index contributed by atoms with van der Waals surface area (Å²) < 4.78 is 5.43. The van der Waals surface area contributed by atoms with Gasteiger partial charge in [0.15, 0.2) is 5.11 Å². The van der Waals surface area contributed by atoms with Gasteiger partial charge in [0, 0.05) is 11.4 Å². The predicted molar refractivity (Wildman–Crippen MR) is 106 cm³/mol. The number of hydrogen-bond acceptors (Lipinski definition) is 4. The van der Waals surface area contributed by atoms with Gasteiger partial charge < -0.3 is 15.4 Å². The first-order valence-corrected chi connectivity index (χ1v) is 8.52. The normalized spacial score (nSPS) is 10.5. The van der Waals surface area contributed by atoms with Gasteiger partial charge in [-0.25, -0.2) is 9.97 Å². The van der Waals surface area contributed by atoms with E-state index in [0.29, 0.717) is 11.7 Å². The maximum absolute atomic E-state index is 5.43. The number of anilines is 2. The lowest BCUT2D eigenvalue weighted by molar-refractivity contribution is 0.340. The summed E-state index contributed by atoms with van der Waals surface area (Å²) in [6.45, 7) is 6.53. The van der Waals surface area contributed by atoms with Crippen LogP contribution in [0.2, 0.25) is 0 Å². The van der Waals surface area contributed by atoms with Crippen molar-refractivity contribution in [2.75, 3.05) is 17.2 Å². The van der Waals surface area contributed by atoms with Gasteiger partial charge in [-0.05, 0) is 75.5 Å². The number of fused-ring (bicyclic) bond motifs is 1. The van der Waals surface area contributed by atoms with E-state index in [9.17, 15) is 0 Å². The lowest BCUT2D eigenvalue weighted by atomic mass is 10.2. The molecule has 0 aliphatic carbocycles. The van der Waals surface area contributed by atoms with Crippen LogP contribution in [-0.2, 0) is 0 Å². The van der Waals surface area contributed by atoms with E-state index >= 15 is 0 Å². The molecule has 0 aliphatic rings. The second-order valence-electron chi connectivity index (χ2n) is 5.63. The van der Waals surface area contributed by atoms with E-state index in [0.717, 1.165) is 39.5 Å². The minimum absolute atomic E-state index is 0.514. The Morgan fingerprint density at radius 1 is 0.920 bits per heavy atom. The van der Waals surface area contributed by atoms with Gasteiger partial charge in [0.1, 0.15) is 5.75 Å². The Hall–Kier alpha value is -2.73. The summed E-state index contributed by atoms with van der Waals surface area (Å²) in [6, 6.07) is 13.5. The average molecular weight is 352 g/mol. The molecule has 0 aliphatic heterocycles. The first kappa shape index (κ1) is 17.1. The van der Waals surface area contributed by atoms with Crippen LogP contribution in [0.5, 0.6) is 5.75 Å². The topological polar surface area (TPSA) is 59.1 Å². The summed E-state index contributed by atoms with van der Waals surface area (Å²) in [5, 5.41) is 6.85. The fourth-order valence-corrected chi connectivity index (χ4v) is 2.64. The maximum atomic E-state index is 5.43. The molecule has 25 heavy (non-hydrogen) atoms. The molecule has 2 N–H and O–H groups in total. The van der Waals surface area contributed by atoms with Crippen LogP contribution in [0.3, 0.4) is 0 Å². The van der Waals surface area contributed by atoms with Gasteiger partial charge in [0.2, 0.25) is 0 Å². The number of aryl methyl sites for hydroxylation is 2. The highest BCUT2D eigenvalue weighted by atomic mass is 32.1. The zero-order valence-electron chi connectivity index (χ0n) is 14.5. The Morgan fingerprint density at radius 3 is 2.20 bits per heavy atom. The Labute approximate surface area is 152 Å².